The molecule has 0 amide bonds. The Labute approximate surface area is 165 Å². The number of aryl methyl sites for hydroxylation is 2. The molecule has 0 N–H and O–H groups in total. The van der Waals surface area contributed by atoms with Crippen LogP contribution in [0.4, 0.5) is 0 Å². The first-order chi connectivity index (χ1) is 13.5. The molecule has 1 spiro atoms. The Balaban J connectivity index is 1.39. The first-order valence-electron chi connectivity index (χ1n) is 10.1. The predicted molar refractivity (Wildman–Crippen MR) is 107 cm³/mol. The Morgan fingerprint density at radius 1 is 1.07 bits per heavy atom. The minimum absolute atomic E-state index is 0.0221. The SMILES string of the molecule is Cc1ccc(CN2CCC3(CC2)c2ncc(-c4cnn(C)c4)n2CCN3C)o1. The first-order valence-corrected chi connectivity index (χ1v) is 10.1. The number of likely N-dealkylation sites (N-methyl/N-ethyl adjacent to an activating group) is 1. The lowest BCUT2D eigenvalue weighted by molar-refractivity contribution is 0.00544. The van der Waals surface area contributed by atoms with Crippen molar-refractivity contribution in [2.45, 2.75) is 38.4 Å². The molecule has 0 aromatic carbocycles. The zero-order chi connectivity index (χ0) is 19.3. The maximum atomic E-state index is 5.78. The second-order valence-corrected chi connectivity index (χ2v) is 8.26. The lowest BCUT2D eigenvalue weighted by Crippen LogP contribution is -2.56. The van der Waals surface area contributed by atoms with Crippen LogP contribution in [0, 0.1) is 6.92 Å². The number of hydrogen-bond donors (Lipinski definition) is 0. The van der Waals surface area contributed by atoms with Gasteiger partial charge in [0.25, 0.3) is 0 Å². The highest BCUT2D eigenvalue weighted by molar-refractivity contribution is 5.57. The Morgan fingerprint density at radius 3 is 2.57 bits per heavy atom. The number of piperidine rings is 1. The first kappa shape index (κ1) is 17.7. The molecule has 5 heterocycles. The third-order valence-corrected chi connectivity index (χ3v) is 6.52. The summed E-state index contributed by atoms with van der Waals surface area (Å²) in [6.07, 6.45) is 8.22. The van der Waals surface area contributed by atoms with Crippen LogP contribution in [0.25, 0.3) is 11.3 Å². The van der Waals surface area contributed by atoms with Crippen LogP contribution in [-0.2, 0) is 25.7 Å². The second kappa shape index (κ2) is 6.60. The fourth-order valence-corrected chi connectivity index (χ4v) is 4.87. The molecule has 0 unspecified atom stereocenters. The van der Waals surface area contributed by atoms with Gasteiger partial charge in [0.2, 0.25) is 0 Å². The summed E-state index contributed by atoms with van der Waals surface area (Å²) in [5.74, 6) is 3.26. The molecule has 0 bridgehead atoms. The van der Waals surface area contributed by atoms with Crippen LogP contribution in [0.15, 0.2) is 35.1 Å². The number of rotatable bonds is 3. The maximum absolute atomic E-state index is 5.78. The quantitative estimate of drug-likeness (QED) is 0.699. The third kappa shape index (κ3) is 2.81. The van der Waals surface area contributed by atoms with Crippen LogP contribution in [0.2, 0.25) is 0 Å². The predicted octanol–water partition coefficient (Wildman–Crippen LogP) is 2.62. The van der Waals surface area contributed by atoms with Crippen molar-refractivity contribution in [3.8, 4) is 11.3 Å². The van der Waals surface area contributed by atoms with E-state index in [1.807, 2.05) is 37.1 Å². The number of nitrogens with zero attached hydrogens (tertiary/aromatic N) is 6. The van der Waals surface area contributed by atoms with Crippen molar-refractivity contribution in [1.82, 2.24) is 29.1 Å². The number of fused-ring (bicyclic) bond motifs is 2. The van der Waals surface area contributed by atoms with Gasteiger partial charge in [0.15, 0.2) is 0 Å². The minimum atomic E-state index is 0.0221. The fourth-order valence-electron chi connectivity index (χ4n) is 4.87. The number of furan rings is 1. The maximum Gasteiger partial charge on any atom is 0.129 e. The third-order valence-electron chi connectivity index (χ3n) is 6.52. The van der Waals surface area contributed by atoms with Crippen LogP contribution in [0.5, 0.6) is 0 Å². The largest absolute Gasteiger partial charge is 0.465 e. The van der Waals surface area contributed by atoms with Gasteiger partial charge in [-0.2, -0.15) is 5.10 Å². The normalized spacial score (nSPS) is 20.0. The zero-order valence-electron chi connectivity index (χ0n) is 16.9. The van der Waals surface area contributed by atoms with Gasteiger partial charge in [-0.3, -0.25) is 14.5 Å². The van der Waals surface area contributed by atoms with E-state index in [4.69, 9.17) is 9.40 Å². The highest BCUT2D eigenvalue weighted by Gasteiger charge is 2.45. The summed E-state index contributed by atoms with van der Waals surface area (Å²) in [5, 5.41) is 4.34. The van der Waals surface area contributed by atoms with E-state index in [9.17, 15) is 0 Å². The summed E-state index contributed by atoms with van der Waals surface area (Å²) in [7, 11) is 4.22. The zero-order valence-corrected chi connectivity index (χ0v) is 16.9. The summed E-state index contributed by atoms with van der Waals surface area (Å²) < 4.78 is 10.1. The average Bonchev–Trinajstić information content (AvgIpc) is 3.40. The van der Waals surface area contributed by atoms with Gasteiger partial charge in [0, 0.05) is 45.0 Å². The fraction of sp³-hybridized carbons (Fsp3) is 0.524. The summed E-state index contributed by atoms with van der Waals surface area (Å²) >= 11 is 0. The Kier molecular flexibility index (Phi) is 4.17. The second-order valence-electron chi connectivity index (χ2n) is 8.26. The van der Waals surface area contributed by atoms with Crippen LogP contribution in [-0.4, -0.2) is 55.8 Å². The van der Waals surface area contributed by atoms with Crippen LogP contribution in [0.1, 0.15) is 30.2 Å². The Bertz CT molecular complexity index is 975. The highest BCUT2D eigenvalue weighted by Crippen LogP contribution is 2.41. The van der Waals surface area contributed by atoms with E-state index in [1.54, 1.807) is 0 Å². The molecule has 7 nitrogen and oxygen atoms in total. The number of hydrogen-bond acceptors (Lipinski definition) is 5. The van der Waals surface area contributed by atoms with E-state index >= 15 is 0 Å². The van der Waals surface area contributed by atoms with E-state index in [0.29, 0.717) is 0 Å². The van der Waals surface area contributed by atoms with Gasteiger partial charge < -0.3 is 8.98 Å². The van der Waals surface area contributed by atoms with Crippen molar-refractivity contribution in [2.75, 3.05) is 26.7 Å². The lowest BCUT2D eigenvalue weighted by Gasteiger charge is -2.49. The summed E-state index contributed by atoms with van der Waals surface area (Å²) in [6.45, 7) is 7.04. The molecule has 5 rings (SSSR count). The van der Waals surface area contributed by atoms with E-state index in [2.05, 4.69) is 38.8 Å². The van der Waals surface area contributed by atoms with Gasteiger partial charge in [-0.25, -0.2) is 4.98 Å². The molecular formula is C21H28N6O. The van der Waals surface area contributed by atoms with Crippen molar-refractivity contribution in [3.05, 3.63) is 48.1 Å². The molecule has 0 radical (unpaired) electrons. The summed E-state index contributed by atoms with van der Waals surface area (Å²) in [6, 6.07) is 4.14. The van der Waals surface area contributed by atoms with Crippen molar-refractivity contribution < 1.29 is 4.42 Å². The molecule has 0 aliphatic carbocycles. The molecule has 2 aliphatic heterocycles. The van der Waals surface area contributed by atoms with Crippen LogP contribution < -0.4 is 0 Å². The smallest absolute Gasteiger partial charge is 0.129 e. The van der Waals surface area contributed by atoms with Gasteiger partial charge in [-0.05, 0) is 38.9 Å². The van der Waals surface area contributed by atoms with Crippen LogP contribution in [0.3, 0.4) is 0 Å². The lowest BCUT2D eigenvalue weighted by atomic mass is 9.83. The van der Waals surface area contributed by atoms with Gasteiger partial charge >= 0.3 is 0 Å². The monoisotopic (exact) mass is 380 g/mol. The number of imidazole rings is 1. The van der Waals surface area contributed by atoms with Gasteiger partial charge in [0.05, 0.1) is 30.2 Å². The Morgan fingerprint density at radius 2 is 1.89 bits per heavy atom. The number of likely N-dealkylation sites (tertiary alicyclic amines) is 1. The molecular weight excluding hydrogens is 352 g/mol. The molecule has 7 heteroatoms. The minimum Gasteiger partial charge on any atom is -0.465 e. The molecule has 3 aromatic rings. The molecule has 0 saturated carbocycles. The van der Waals surface area contributed by atoms with Gasteiger partial charge in [-0.15, -0.1) is 0 Å². The molecule has 1 saturated heterocycles. The molecule has 28 heavy (non-hydrogen) atoms. The topological polar surface area (TPSA) is 55.3 Å². The average molecular weight is 380 g/mol. The molecule has 2 aliphatic rings. The molecule has 0 atom stereocenters. The number of aromatic nitrogens is 4. The van der Waals surface area contributed by atoms with Gasteiger partial charge in [-0.1, -0.05) is 0 Å². The van der Waals surface area contributed by atoms with Crippen molar-refractivity contribution in [2.24, 2.45) is 7.05 Å². The highest BCUT2D eigenvalue weighted by atomic mass is 16.3. The standard InChI is InChI=1S/C21H28N6O/c1-16-4-5-18(28-16)15-26-8-6-21(7-9-26)20-22-13-19(17-12-23-25(3)14-17)27(20)11-10-24(21)2/h4-5,12-14H,6-11,15H2,1-3H3. The van der Waals surface area contributed by atoms with E-state index in [-0.39, 0.29) is 5.54 Å². The van der Waals surface area contributed by atoms with Crippen molar-refractivity contribution >= 4 is 0 Å². The van der Waals surface area contributed by atoms with Gasteiger partial charge in [0.1, 0.15) is 17.3 Å². The molecule has 1 fully saturated rings. The molecule has 3 aromatic heterocycles. The Hall–Kier alpha value is -2.38. The van der Waals surface area contributed by atoms with Crippen molar-refractivity contribution in [1.29, 1.82) is 0 Å². The summed E-state index contributed by atoms with van der Waals surface area (Å²) in [5.41, 5.74) is 2.35. The van der Waals surface area contributed by atoms with E-state index < -0.39 is 0 Å². The van der Waals surface area contributed by atoms with Crippen LogP contribution >= 0.6 is 0 Å². The summed E-state index contributed by atoms with van der Waals surface area (Å²) in [4.78, 5) is 9.96. The van der Waals surface area contributed by atoms with Crippen molar-refractivity contribution in [3.63, 3.8) is 0 Å². The molecule has 148 valence electrons. The van der Waals surface area contributed by atoms with E-state index in [0.717, 1.165) is 62.6 Å². The van der Waals surface area contributed by atoms with E-state index in [1.165, 1.54) is 11.5 Å².